The van der Waals surface area contributed by atoms with Crippen LogP contribution in [0.15, 0.2) is 51.9 Å². The van der Waals surface area contributed by atoms with E-state index in [0.717, 1.165) is 5.56 Å². The summed E-state index contributed by atoms with van der Waals surface area (Å²) in [4.78, 5) is 12.9. The summed E-state index contributed by atoms with van der Waals surface area (Å²) in [7, 11) is -4.01. The van der Waals surface area contributed by atoms with Gasteiger partial charge in [0, 0.05) is 29.4 Å². The lowest BCUT2D eigenvalue weighted by molar-refractivity contribution is -0.120. The molecule has 3 aromatic rings. The van der Waals surface area contributed by atoms with Gasteiger partial charge >= 0.3 is 0 Å². The molecule has 0 spiro atoms. The summed E-state index contributed by atoms with van der Waals surface area (Å²) >= 11 is 5.99. The number of rotatable bonds is 6. The Morgan fingerprint density at radius 3 is 2.74 bits per heavy atom. The van der Waals surface area contributed by atoms with Crippen molar-refractivity contribution in [2.24, 2.45) is 5.92 Å². The van der Waals surface area contributed by atoms with Gasteiger partial charge in [0.05, 0.1) is 5.92 Å². The number of anilines is 1. The topological polar surface area (TPSA) is 92.5 Å². The lowest BCUT2D eigenvalue weighted by Gasteiger charge is -2.31. The van der Waals surface area contributed by atoms with Crippen LogP contribution in [0, 0.1) is 25.6 Å². The van der Waals surface area contributed by atoms with E-state index in [4.69, 9.17) is 16.1 Å². The predicted molar refractivity (Wildman–Crippen MR) is 133 cm³/mol. The summed E-state index contributed by atoms with van der Waals surface area (Å²) < 4.78 is 47.6. The third-order valence-corrected chi connectivity index (χ3v) is 8.21. The van der Waals surface area contributed by atoms with Gasteiger partial charge in [0.25, 0.3) is 0 Å². The molecule has 0 unspecified atom stereocenters. The van der Waals surface area contributed by atoms with E-state index in [1.165, 1.54) is 29.4 Å². The van der Waals surface area contributed by atoms with Crippen LogP contribution in [0.3, 0.4) is 0 Å². The van der Waals surface area contributed by atoms with Gasteiger partial charge in [0.15, 0.2) is 10.7 Å². The van der Waals surface area contributed by atoms with E-state index >= 15 is 0 Å². The molecule has 0 radical (unpaired) electrons. The molecule has 7 nitrogen and oxygen atoms in total. The summed E-state index contributed by atoms with van der Waals surface area (Å²) in [6, 6.07) is 11.3. The first-order chi connectivity index (χ1) is 16.7. The molecule has 1 fully saturated rings. The molecule has 1 aromatic heterocycles. The first-order valence-corrected chi connectivity index (χ1v) is 12.9. The predicted octanol–water partition coefficient (Wildman–Crippen LogP) is 5.29. The minimum absolute atomic E-state index is 0.00844. The standard InChI is InChI=1S/C25H25ClFN3O4S/c1-16-14-20(26)10-11-22(16)28-25(31)19-7-5-13-30(15-19)35(32,33)24-17(2)29-34-23(24)12-9-18-6-3-4-8-21(18)27/h3-4,6,8-12,14,19H,5,7,13,15H2,1-2H3,(H,28,31)/b12-9+/t19-/m1/s1. The van der Waals surface area contributed by atoms with Crippen LogP contribution in [0.5, 0.6) is 0 Å². The first-order valence-electron chi connectivity index (χ1n) is 11.1. The molecule has 1 amide bonds. The number of carbonyl (C=O) groups excluding carboxylic acids is 1. The number of aryl methyl sites for hydroxylation is 2. The van der Waals surface area contributed by atoms with E-state index in [-0.39, 0.29) is 40.9 Å². The Hall–Kier alpha value is -3.01. The Bertz CT molecular complexity index is 1390. The monoisotopic (exact) mass is 517 g/mol. The molecule has 4 rings (SSSR count). The van der Waals surface area contributed by atoms with Gasteiger partial charge in [-0.3, -0.25) is 4.79 Å². The van der Waals surface area contributed by atoms with Crippen LogP contribution in [-0.4, -0.2) is 36.9 Å². The van der Waals surface area contributed by atoms with Crippen LogP contribution in [0.1, 0.15) is 35.4 Å². The highest BCUT2D eigenvalue weighted by molar-refractivity contribution is 7.89. The van der Waals surface area contributed by atoms with Crippen molar-refractivity contribution in [3.63, 3.8) is 0 Å². The van der Waals surface area contributed by atoms with E-state index in [1.54, 1.807) is 36.4 Å². The Morgan fingerprint density at radius 1 is 1.23 bits per heavy atom. The summed E-state index contributed by atoms with van der Waals surface area (Å²) in [5.74, 6) is -1.21. The number of aromatic nitrogens is 1. The molecule has 35 heavy (non-hydrogen) atoms. The number of hydrogen-bond donors (Lipinski definition) is 1. The average Bonchev–Trinajstić information content (AvgIpc) is 3.21. The van der Waals surface area contributed by atoms with E-state index in [1.807, 2.05) is 6.92 Å². The largest absolute Gasteiger partial charge is 0.355 e. The van der Waals surface area contributed by atoms with Crippen LogP contribution in [0.2, 0.25) is 5.02 Å². The normalized spacial score (nSPS) is 17.1. The number of benzene rings is 2. The van der Waals surface area contributed by atoms with Crippen molar-refractivity contribution in [3.8, 4) is 0 Å². The number of amides is 1. The number of carbonyl (C=O) groups is 1. The summed E-state index contributed by atoms with van der Waals surface area (Å²) in [6.45, 7) is 3.67. The van der Waals surface area contributed by atoms with Crippen molar-refractivity contribution in [1.82, 2.24) is 9.46 Å². The molecule has 10 heteroatoms. The molecule has 2 aromatic carbocycles. The molecule has 0 aliphatic carbocycles. The number of piperidine rings is 1. The molecular weight excluding hydrogens is 493 g/mol. The van der Waals surface area contributed by atoms with Crippen LogP contribution in [0.4, 0.5) is 10.1 Å². The van der Waals surface area contributed by atoms with Crippen molar-refractivity contribution in [1.29, 1.82) is 0 Å². The fourth-order valence-corrected chi connectivity index (χ4v) is 6.08. The minimum Gasteiger partial charge on any atom is -0.355 e. The highest BCUT2D eigenvalue weighted by atomic mass is 35.5. The average molecular weight is 518 g/mol. The molecule has 0 saturated carbocycles. The molecule has 1 N–H and O–H groups in total. The fraction of sp³-hybridized carbons (Fsp3) is 0.280. The van der Waals surface area contributed by atoms with Gasteiger partial charge in [-0.15, -0.1) is 0 Å². The lowest BCUT2D eigenvalue weighted by atomic mass is 9.98. The van der Waals surface area contributed by atoms with Gasteiger partial charge in [-0.2, -0.15) is 4.31 Å². The van der Waals surface area contributed by atoms with Crippen LogP contribution in [-0.2, 0) is 14.8 Å². The van der Waals surface area contributed by atoms with E-state index < -0.39 is 21.8 Å². The van der Waals surface area contributed by atoms with Crippen molar-refractivity contribution in [2.45, 2.75) is 31.6 Å². The van der Waals surface area contributed by atoms with Crippen LogP contribution >= 0.6 is 11.6 Å². The summed E-state index contributed by atoms with van der Waals surface area (Å²) in [6.07, 6.45) is 3.92. The molecule has 1 aliphatic rings. The van der Waals surface area contributed by atoms with Gasteiger partial charge in [0.2, 0.25) is 15.9 Å². The van der Waals surface area contributed by atoms with Gasteiger partial charge in [0.1, 0.15) is 11.5 Å². The molecule has 1 aliphatic heterocycles. The van der Waals surface area contributed by atoms with E-state index in [2.05, 4.69) is 10.5 Å². The van der Waals surface area contributed by atoms with Crippen molar-refractivity contribution < 1.29 is 22.1 Å². The molecule has 1 saturated heterocycles. The summed E-state index contributed by atoms with van der Waals surface area (Å²) in [5, 5.41) is 7.28. The van der Waals surface area contributed by atoms with Gasteiger partial charge in [-0.1, -0.05) is 35.0 Å². The third kappa shape index (κ3) is 5.47. The van der Waals surface area contributed by atoms with Gasteiger partial charge in [-0.25, -0.2) is 12.8 Å². The van der Waals surface area contributed by atoms with Gasteiger partial charge < -0.3 is 9.84 Å². The maximum atomic E-state index is 14.0. The van der Waals surface area contributed by atoms with E-state index in [0.29, 0.717) is 23.6 Å². The van der Waals surface area contributed by atoms with Crippen molar-refractivity contribution in [3.05, 3.63) is 75.9 Å². The molecule has 0 bridgehead atoms. The molecule has 2 heterocycles. The number of nitrogens with zero attached hydrogens (tertiary/aromatic N) is 2. The smallest absolute Gasteiger partial charge is 0.248 e. The van der Waals surface area contributed by atoms with E-state index in [9.17, 15) is 17.6 Å². The second-order valence-electron chi connectivity index (χ2n) is 8.47. The fourth-order valence-electron chi connectivity index (χ4n) is 4.08. The molecule has 184 valence electrons. The number of nitrogens with one attached hydrogen (secondary N) is 1. The quantitative estimate of drug-likeness (QED) is 0.479. The van der Waals surface area contributed by atoms with Crippen LogP contribution < -0.4 is 5.32 Å². The van der Waals surface area contributed by atoms with Crippen LogP contribution in [0.25, 0.3) is 12.2 Å². The maximum absolute atomic E-state index is 14.0. The number of sulfonamides is 1. The first kappa shape index (κ1) is 25.1. The lowest BCUT2D eigenvalue weighted by Crippen LogP contribution is -2.44. The maximum Gasteiger partial charge on any atom is 0.248 e. The third-order valence-electron chi connectivity index (χ3n) is 5.95. The van der Waals surface area contributed by atoms with Crippen molar-refractivity contribution >= 4 is 45.4 Å². The number of halogens is 2. The second-order valence-corrected chi connectivity index (χ2v) is 10.8. The Balaban J connectivity index is 1.54. The minimum atomic E-state index is -4.01. The Labute approximate surface area is 208 Å². The van der Waals surface area contributed by atoms with Crippen molar-refractivity contribution in [2.75, 3.05) is 18.4 Å². The zero-order valence-corrected chi connectivity index (χ0v) is 20.9. The zero-order chi connectivity index (χ0) is 25.2. The Kier molecular flexibility index (Phi) is 7.39. The Morgan fingerprint density at radius 2 is 2.00 bits per heavy atom. The molecule has 1 atom stereocenters. The highest BCUT2D eigenvalue weighted by Crippen LogP contribution is 2.30. The second kappa shape index (κ2) is 10.3. The highest BCUT2D eigenvalue weighted by Gasteiger charge is 2.37. The molecular formula is C25H25ClFN3O4S. The SMILES string of the molecule is Cc1cc(Cl)ccc1NC(=O)[C@@H]1CCCN(S(=O)(=O)c2c(C)noc2/C=C/c2ccccc2F)C1. The number of hydrogen-bond acceptors (Lipinski definition) is 5. The summed E-state index contributed by atoms with van der Waals surface area (Å²) in [5.41, 5.74) is 1.94. The van der Waals surface area contributed by atoms with Gasteiger partial charge in [-0.05, 0) is 68.7 Å². The zero-order valence-electron chi connectivity index (χ0n) is 19.3.